The fourth-order valence-corrected chi connectivity index (χ4v) is 2.88. The van der Waals surface area contributed by atoms with Crippen LogP contribution in [0, 0.1) is 0 Å². The number of aromatic nitrogens is 3. The number of anilines is 1. The first-order valence-corrected chi connectivity index (χ1v) is 7.40. The molecule has 0 saturated heterocycles. The van der Waals surface area contributed by atoms with Crippen LogP contribution in [0.3, 0.4) is 0 Å². The number of nitrogens with two attached hydrogens (primary N) is 1. The number of hydrogen-bond acceptors (Lipinski definition) is 6. The third-order valence-corrected chi connectivity index (χ3v) is 4.25. The van der Waals surface area contributed by atoms with Crippen molar-refractivity contribution < 1.29 is 8.42 Å². The van der Waals surface area contributed by atoms with Gasteiger partial charge in [0.15, 0.2) is 5.82 Å². The third-order valence-electron chi connectivity index (χ3n) is 2.76. The predicted octanol–water partition coefficient (Wildman–Crippen LogP) is -0.378. The van der Waals surface area contributed by atoms with Crippen LogP contribution in [-0.4, -0.2) is 29.5 Å². The molecule has 0 bridgehead atoms. The van der Waals surface area contributed by atoms with Gasteiger partial charge in [-0.3, -0.25) is 0 Å². The summed E-state index contributed by atoms with van der Waals surface area (Å²) in [6.45, 7) is 0.242. The van der Waals surface area contributed by atoms with Gasteiger partial charge < -0.3 is 9.99 Å². The van der Waals surface area contributed by atoms with Crippen molar-refractivity contribution in [3.05, 3.63) is 36.5 Å². The van der Waals surface area contributed by atoms with E-state index in [0.717, 1.165) is 5.82 Å². The molecule has 4 N–H and O–H groups in total. The molecule has 2 rings (SSSR count). The summed E-state index contributed by atoms with van der Waals surface area (Å²) in [5.74, 6) is 6.17. The smallest absolute Gasteiger partial charge is 0.244 e. The van der Waals surface area contributed by atoms with Crippen molar-refractivity contribution in [1.82, 2.24) is 19.3 Å². The molecular formula is C11H16N6O2S. The zero-order chi connectivity index (χ0) is 14.6. The van der Waals surface area contributed by atoms with Crippen LogP contribution in [0.4, 0.5) is 5.82 Å². The zero-order valence-electron chi connectivity index (χ0n) is 10.9. The number of hydrazine groups is 1. The number of aryl methyl sites for hydroxylation is 1. The Labute approximate surface area is 117 Å². The number of imidazole rings is 1. The Hall–Kier alpha value is -1.97. The van der Waals surface area contributed by atoms with Crippen LogP contribution in [-0.2, 0) is 23.5 Å². The molecule has 0 aliphatic carbocycles. The number of nitrogens with one attached hydrogen (secondary N) is 2. The highest BCUT2D eigenvalue weighted by Gasteiger charge is 2.18. The van der Waals surface area contributed by atoms with Crippen molar-refractivity contribution in [2.75, 3.05) is 12.0 Å². The molecular weight excluding hydrogens is 280 g/mol. The molecule has 8 nitrogen and oxygen atoms in total. The van der Waals surface area contributed by atoms with Gasteiger partial charge in [-0.2, -0.15) is 0 Å². The van der Waals surface area contributed by atoms with Gasteiger partial charge >= 0.3 is 0 Å². The van der Waals surface area contributed by atoms with E-state index in [1.54, 1.807) is 12.4 Å². The van der Waals surface area contributed by atoms with Crippen molar-refractivity contribution >= 4 is 15.8 Å². The minimum Gasteiger partial charge on any atom is -0.338 e. The van der Waals surface area contributed by atoms with E-state index in [2.05, 4.69) is 20.1 Å². The number of rotatable bonds is 6. The molecule has 108 valence electrons. The Morgan fingerprint density at radius 2 is 2.15 bits per heavy atom. The minimum atomic E-state index is -3.66. The molecule has 0 unspecified atom stereocenters. The largest absolute Gasteiger partial charge is 0.338 e. The van der Waals surface area contributed by atoms with E-state index in [1.165, 1.54) is 18.3 Å². The molecule has 0 atom stereocenters. The molecule has 0 radical (unpaired) electrons. The topological polar surface area (TPSA) is 115 Å². The van der Waals surface area contributed by atoms with Crippen molar-refractivity contribution in [2.45, 2.75) is 11.3 Å². The van der Waals surface area contributed by atoms with Crippen LogP contribution in [0.25, 0.3) is 0 Å². The summed E-state index contributed by atoms with van der Waals surface area (Å²) in [4.78, 5) is 8.01. The average molecular weight is 296 g/mol. The number of pyridine rings is 1. The van der Waals surface area contributed by atoms with E-state index >= 15 is 0 Å². The Morgan fingerprint density at radius 1 is 1.35 bits per heavy atom. The van der Waals surface area contributed by atoms with E-state index in [1.807, 2.05) is 11.6 Å². The van der Waals surface area contributed by atoms with Crippen molar-refractivity contribution in [3.63, 3.8) is 0 Å². The van der Waals surface area contributed by atoms with Gasteiger partial charge in [0.25, 0.3) is 0 Å². The Kier molecular flexibility index (Phi) is 4.32. The van der Waals surface area contributed by atoms with Gasteiger partial charge in [-0.05, 0) is 12.1 Å². The molecule has 9 heteroatoms. The summed E-state index contributed by atoms with van der Waals surface area (Å²) in [5, 5.41) is 0. The summed E-state index contributed by atoms with van der Waals surface area (Å²) in [6.07, 6.45) is 5.43. The lowest BCUT2D eigenvalue weighted by molar-refractivity contribution is 0.580. The molecule has 0 aliphatic heterocycles. The molecule has 2 aromatic rings. The highest BCUT2D eigenvalue weighted by molar-refractivity contribution is 7.89. The molecule has 0 saturated carbocycles. The van der Waals surface area contributed by atoms with Crippen LogP contribution in [0.5, 0.6) is 0 Å². The molecule has 0 fully saturated rings. The molecule has 0 aromatic carbocycles. The maximum Gasteiger partial charge on any atom is 0.244 e. The predicted molar refractivity (Wildman–Crippen MR) is 74.1 cm³/mol. The summed E-state index contributed by atoms with van der Waals surface area (Å²) in [5.41, 5.74) is 2.27. The van der Waals surface area contributed by atoms with Gasteiger partial charge in [0.1, 0.15) is 10.7 Å². The Balaban J connectivity index is 2.06. The maximum atomic E-state index is 12.2. The van der Waals surface area contributed by atoms with Crippen LogP contribution in [0.2, 0.25) is 0 Å². The molecule has 2 aromatic heterocycles. The van der Waals surface area contributed by atoms with Gasteiger partial charge in [0.05, 0.1) is 0 Å². The van der Waals surface area contributed by atoms with Crippen LogP contribution >= 0.6 is 0 Å². The summed E-state index contributed by atoms with van der Waals surface area (Å²) in [7, 11) is -1.81. The number of sulfonamides is 1. The Bertz CT molecular complexity index is 682. The fraction of sp³-hybridized carbons (Fsp3) is 0.273. The lowest BCUT2D eigenvalue weighted by atomic mass is 10.4. The number of nitrogens with zero attached hydrogens (tertiary/aromatic N) is 3. The summed E-state index contributed by atoms with van der Waals surface area (Å²) >= 11 is 0. The first-order valence-electron chi connectivity index (χ1n) is 5.92. The molecule has 2 heterocycles. The SMILES string of the molecule is Cn1ccnc1CCNS(=O)(=O)c1cccnc1NN. The van der Waals surface area contributed by atoms with E-state index in [0.29, 0.717) is 6.42 Å². The monoisotopic (exact) mass is 296 g/mol. The fourth-order valence-electron chi connectivity index (χ4n) is 1.73. The van der Waals surface area contributed by atoms with Gasteiger partial charge in [0, 0.05) is 38.6 Å². The highest BCUT2D eigenvalue weighted by atomic mass is 32.2. The normalized spacial score (nSPS) is 11.5. The van der Waals surface area contributed by atoms with Gasteiger partial charge in [-0.1, -0.05) is 0 Å². The van der Waals surface area contributed by atoms with Gasteiger partial charge in [0.2, 0.25) is 10.0 Å². The Morgan fingerprint density at radius 3 is 2.80 bits per heavy atom. The van der Waals surface area contributed by atoms with Crippen molar-refractivity contribution in [3.8, 4) is 0 Å². The van der Waals surface area contributed by atoms with Gasteiger partial charge in [-0.25, -0.2) is 29.0 Å². The van der Waals surface area contributed by atoms with Gasteiger partial charge in [-0.15, -0.1) is 0 Å². The lowest BCUT2D eigenvalue weighted by Gasteiger charge is -2.09. The standard InChI is InChI=1S/C11H16N6O2S/c1-17-8-7-13-10(17)4-6-15-20(18,19)9-3-2-5-14-11(9)16-12/h2-3,5,7-8,15H,4,6,12H2,1H3,(H,14,16). The number of hydrogen-bond donors (Lipinski definition) is 3. The van der Waals surface area contributed by atoms with E-state index in [4.69, 9.17) is 5.84 Å². The summed E-state index contributed by atoms with van der Waals surface area (Å²) < 4.78 is 28.6. The lowest BCUT2D eigenvalue weighted by Crippen LogP contribution is -2.28. The summed E-state index contributed by atoms with van der Waals surface area (Å²) in [6, 6.07) is 2.97. The zero-order valence-corrected chi connectivity index (χ0v) is 11.8. The first-order chi connectivity index (χ1) is 9.54. The second-order valence-electron chi connectivity index (χ2n) is 4.10. The maximum absolute atomic E-state index is 12.2. The second kappa shape index (κ2) is 5.99. The molecule has 20 heavy (non-hydrogen) atoms. The molecule has 0 spiro atoms. The first kappa shape index (κ1) is 14.4. The molecule has 0 amide bonds. The molecule has 0 aliphatic rings. The highest BCUT2D eigenvalue weighted by Crippen LogP contribution is 2.16. The average Bonchev–Trinajstić information content (AvgIpc) is 2.84. The quantitative estimate of drug-likeness (QED) is 0.494. The third kappa shape index (κ3) is 3.13. The van der Waals surface area contributed by atoms with Crippen LogP contribution in [0.1, 0.15) is 5.82 Å². The second-order valence-corrected chi connectivity index (χ2v) is 5.83. The number of nitrogen functional groups attached to an aromatic ring is 1. The van der Waals surface area contributed by atoms with E-state index in [9.17, 15) is 8.42 Å². The van der Waals surface area contributed by atoms with Crippen molar-refractivity contribution in [2.24, 2.45) is 12.9 Å². The van der Waals surface area contributed by atoms with Crippen molar-refractivity contribution in [1.29, 1.82) is 0 Å². The van der Waals surface area contributed by atoms with E-state index < -0.39 is 10.0 Å². The van der Waals surface area contributed by atoms with Crippen LogP contribution < -0.4 is 16.0 Å². The van der Waals surface area contributed by atoms with Crippen LogP contribution in [0.15, 0.2) is 35.6 Å². The minimum absolute atomic E-state index is 0.0161. The van der Waals surface area contributed by atoms with E-state index in [-0.39, 0.29) is 17.3 Å².